The Bertz CT molecular complexity index is 229. The van der Waals surface area contributed by atoms with Crippen molar-refractivity contribution in [3.05, 3.63) is 0 Å². The van der Waals surface area contributed by atoms with E-state index in [0.717, 1.165) is 25.5 Å². The zero-order chi connectivity index (χ0) is 10.8. The quantitative estimate of drug-likeness (QED) is 0.700. The third-order valence-corrected chi connectivity index (χ3v) is 4.17. The minimum atomic E-state index is 0.210. The average Bonchev–Trinajstić information content (AvgIpc) is 2.85. The molecule has 0 amide bonds. The van der Waals surface area contributed by atoms with E-state index in [1.807, 2.05) is 0 Å². The Hall–Kier alpha value is -0.410. The lowest BCUT2D eigenvalue weighted by Crippen LogP contribution is -2.35. The highest BCUT2D eigenvalue weighted by Crippen LogP contribution is 2.47. The van der Waals surface area contributed by atoms with Crippen LogP contribution in [0.4, 0.5) is 0 Å². The summed E-state index contributed by atoms with van der Waals surface area (Å²) >= 11 is 0. The fraction of sp³-hybridized carbons (Fsp3) is 0.917. The Balaban J connectivity index is 2.08. The van der Waals surface area contributed by atoms with Gasteiger partial charge in [0.05, 0.1) is 12.2 Å². The van der Waals surface area contributed by atoms with Gasteiger partial charge in [0.25, 0.3) is 0 Å². The molecule has 15 heavy (non-hydrogen) atoms. The molecule has 2 heterocycles. The fourth-order valence-corrected chi connectivity index (χ4v) is 3.42. The Kier molecular flexibility index (Phi) is 3.42. The Morgan fingerprint density at radius 3 is 2.80 bits per heavy atom. The van der Waals surface area contributed by atoms with Crippen LogP contribution in [0.25, 0.3) is 0 Å². The van der Waals surface area contributed by atoms with Gasteiger partial charge in [0.1, 0.15) is 6.29 Å². The fourth-order valence-electron chi connectivity index (χ4n) is 3.42. The van der Waals surface area contributed by atoms with E-state index in [2.05, 4.69) is 6.92 Å². The number of fused-ring (bicyclic) bond motifs is 2. The molecule has 2 fully saturated rings. The number of rotatable bonds is 5. The van der Waals surface area contributed by atoms with E-state index in [9.17, 15) is 9.90 Å². The molecule has 2 aliphatic rings. The van der Waals surface area contributed by atoms with Gasteiger partial charge in [-0.15, -0.1) is 0 Å². The largest absolute Gasteiger partial charge is 0.396 e. The second-order valence-electron chi connectivity index (χ2n) is 4.78. The van der Waals surface area contributed by atoms with Crippen molar-refractivity contribution in [2.75, 3.05) is 6.61 Å². The van der Waals surface area contributed by atoms with Crippen molar-refractivity contribution in [3.63, 3.8) is 0 Å². The standard InChI is InChI=1S/C12H20O3/c1-2-8(5-6-13)12-9(7-14)10-3-4-11(12)15-10/h6,8-12,14H,2-5,7H2,1H3. The summed E-state index contributed by atoms with van der Waals surface area (Å²) in [5.74, 6) is 1.08. The Morgan fingerprint density at radius 1 is 1.47 bits per heavy atom. The number of carbonyl (C=O) groups excluding carboxylic acids is 1. The smallest absolute Gasteiger partial charge is 0.120 e. The molecule has 0 saturated carbocycles. The van der Waals surface area contributed by atoms with Gasteiger partial charge >= 0.3 is 0 Å². The van der Waals surface area contributed by atoms with Gasteiger partial charge in [0, 0.05) is 18.9 Å². The van der Waals surface area contributed by atoms with Crippen molar-refractivity contribution in [2.45, 2.75) is 44.8 Å². The van der Waals surface area contributed by atoms with Crippen LogP contribution >= 0.6 is 0 Å². The molecule has 3 nitrogen and oxygen atoms in total. The number of ether oxygens (including phenoxy) is 1. The van der Waals surface area contributed by atoms with Crippen LogP contribution in [0.15, 0.2) is 0 Å². The van der Waals surface area contributed by atoms with Gasteiger partial charge in [-0.2, -0.15) is 0 Å². The summed E-state index contributed by atoms with van der Waals surface area (Å²) in [6.07, 6.45) is 5.39. The molecule has 0 aromatic carbocycles. The van der Waals surface area contributed by atoms with Crippen molar-refractivity contribution in [3.8, 4) is 0 Å². The maximum atomic E-state index is 10.6. The average molecular weight is 212 g/mol. The number of hydrogen-bond acceptors (Lipinski definition) is 3. The van der Waals surface area contributed by atoms with Crippen LogP contribution in [-0.4, -0.2) is 30.2 Å². The summed E-state index contributed by atoms with van der Waals surface area (Å²) in [7, 11) is 0. The van der Waals surface area contributed by atoms with E-state index in [1.165, 1.54) is 0 Å². The zero-order valence-electron chi connectivity index (χ0n) is 9.26. The third kappa shape index (κ3) is 1.83. The molecule has 0 aromatic rings. The first-order valence-electron chi connectivity index (χ1n) is 6.01. The second kappa shape index (κ2) is 4.62. The van der Waals surface area contributed by atoms with Crippen LogP contribution in [0, 0.1) is 17.8 Å². The minimum Gasteiger partial charge on any atom is -0.396 e. The first kappa shape index (κ1) is 11.1. The lowest BCUT2D eigenvalue weighted by atomic mass is 9.71. The van der Waals surface area contributed by atoms with Gasteiger partial charge in [0.15, 0.2) is 0 Å². The SMILES string of the molecule is CCC(CC=O)C1C2CCC(O2)C1CO. The predicted molar refractivity (Wildman–Crippen MR) is 56.4 cm³/mol. The maximum absolute atomic E-state index is 10.6. The molecule has 1 N–H and O–H groups in total. The van der Waals surface area contributed by atoms with E-state index in [-0.39, 0.29) is 18.6 Å². The van der Waals surface area contributed by atoms with Gasteiger partial charge in [-0.1, -0.05) is 13.3 Å². The van der Waals surface area contributed by atoms with Gasteiger partial charge in [-0.25, -0.2) is 0 Å². The van der Waals surface area contributed by atoms with E-state index in [4.69, 9.17) is 4.74 Å². The molecule has 2 bridgehead atoms. The van der Waals surface area contributed by atoms with Crippen LogP contribution in [0.5, 0.6) is 0 Å². The zero-order valence-corrected chi connectivity index (χ0v) is 9.26. The van der Waals surface area contributed by atoms with Crippen molar-refractivity contribution in [2.24, 2.45) is 17.8 Å². The Labute approximate surface area is 90.8 Å². The summed E-state index contributed by atoms with van der Waals surface area (Å²) in [4.78, 5) is 10.6. The number of carbonyl (C=O) groups is 1. The third-order valence-electron chi connectivity index (χ3n) is 4.17. The molecule has 2 rings (SSSR count). The van der Waals surface area contributed by atoms with Crippen molar-refractivity contribution < 1.29 is 14.6 Å². The number of aldehydes is 1. The van der Waals surface area contributed by atoms with Crippen LogP contribution in [0.1, 0.15) is 32.6 Å². The molecule has 0 aromatic heterocycles. The summed E-state index contributed by atoms with van der Waals surface area (Å²) in [5.41, 5.74) is 0. The lowest BCUT2D eigenvalue weighted by molar-refractivity contribution is -0.109. The first-order valence-corrected chi connectivity index (χ1v) is 6.01. The molecule has 3 heteroatoms. The van der Waals surface area contributed by atoms with Crippen molar-refractivity contribution in [1.29, 1.82) is 0 Å². The molecule has 0 radical (unpaired) electrons. The summed E-state index contributed by atoms with van der Waals surface area (Å²) in [6, 6.07) is 0. The van der Waals surface area contributed by atoms with Crippen molar-refractivity contribution >= 4 is 6.29 Å². The van der Waals surface area contributed by atoms with Gasteiger partial charge in [-0.3, -0.25) is 0 Å². The van der Waals surface area contributed by atoms with Gasteiger partial charge in [-0.05, 0) is 24.7 Å². The molecule has 0 aliphatic carbocycles. The van der Waals surface area contributed by atoms with Gasteiger partial charge < -0.3 is 14.6 Å². The molecule has 0 spiro atoms. The molecule has 86 valence electrons. The minimum absolute atomic E-state index is 0.210. The van der Waals surface area contributed by atoms with Crippen LogP contribution in [-0.2, 0) is 9.53 Å². The first-order chi connectivity index (χ1) is 7.31. The van der Waals surface area contributed by atoms with E-state index in [0.29, 0.717) is 24.4 Å². The van der Waals surface area contributed by atoms with Crippen LogP contribution < -0.4 is 0 Å². The summed E-state index contributed by atoms with van der Waals surface area (Å²) < 4.78 is 5.84. The number of aliphatic hydroxyl groups is 1. The van der Waals surface area contributed by atoms with Crippen LogP contribution in [0.2, 0.25) is 0 Å². The van der Waals surface area contributed by atoms with Crippen LogP contribution in [0.3, 0.4) is 0 Å². The van der Waals surface area contributed by atoms with Crippen molar-refractivity contribution in [1.82, 2.24) is 0 Å². The molecular formula is C12H20O3. The predicted octanol–water partition coefficient (Wildman–Crippen LogP) is 1.39. The lowest BCUT2D eigenvalue weighted by Gasteiger charge is -2.32. The number of hydrogen-bond donors (Lipinski definition) is 1. The second-order valence-corrected chi connectivity index (χ2v) is 4.78. The number of aliphatic hydroxyl groups excluding tert-OH is 1. The highest BCUT2D eigenvalue weighted by molar-refractivity contribution is 5.49. The highest BCUT2D eigenvalue weighted by atomic mass is 16.5. The van der Waals surface area contributed by atoms with Gasteiger partial charge in [0.2, 0.25) is 0 Å². The molecule has 5 atom stereocenters. The molecule has 2 saturated heterocycles. The molecule has 5 unspecified atom stereocenters. The highest BCUT2D eigenvalue weighted by Gasteiger charge is 2.50. The monoisotopic (exact) mass is 212 g/mol. The topological polar surface area (TPSA) is 46.5 Å². The Morgan fingerprint density at radius 2 is 2.20 bits per heavy atom. The summed E-state index contributed by atoms with van der Waals surface area (Å²) in [5, 5.41) is 9.40. The van der Waals surface area contributed by atoms with E-state index < -0.39 is 0 Å². The summed E-state index contributed by atoms with van der Waals surface area (Å²) in [6.45, 7) is 2.33. The molecule has 2 aliphatic heterocycles. The van der Waals surface area contributed by atoms with E-state index >= 15 is 0 Å². The molecular weight excluding hydrogens is 192 g/mol. The maximum Gasteiger partial charge on any atom is 0.120 e. The van der Waals surface area contributed by atoms with E-state index in [1.54, 1.807) is 0 Å². The normalized spacial score (nSPS) is 40.7.